The number of hydrogen-bond acceptors (Lipinski definition) is 2. The van der Waals surface area contributed by atoms with Gasteiger partial charge in [-0.1, -0.05) is 6.07 Å². The van der Waals surface area contributed by atoms with Crippen molar-refractivity contribution in [3.05, 3.63) is 33.4 Å². The lowest BCUT2D eigenvalue weighted by Crippen LogP contribution is -2.33. The third-order valence-corrected chi connectivity index (χ3v) is 4.00. The summed E-state index contributed by atoms with van der Waals surface area (Å²) in [6.07, 6.45) is 1.02. The predicted octanol–water partition coefficient (Wildman–Crippen LogP) is 2.10. The SMILES string of the molecule is CC(N)C1CCN(C(=O)c2cccc(I)c2)C1. The van der Waals surface area contributed by atoms with Gasteiger partial charge in [0.2, 0.25) is 0 Å². The van der Waals surface area contributed by atoms with E-state index in [0.29, 0.717) is 5.92 Å². The molecule has 2 unspecified atom stereocenters. The Balaban J connectivity index is 2.07. The van der Waals surface area contributed by atoms with Gasteiger partial charge in [-0.2, -0.15) is 0 Å². The summed E-state index contributed by atoms with van der Waals surface area (Å²) < 4.78 is 1.09. The first-order valence-corrected chi connectivity index (χ1v) is 6.96. The zero-order valence-corrected chi connectivity index (χ0v) is 12.1. The number of carbonyl (C=O) groups excluding carboxylic acids is 1. The van der Waals surface area contributed by atoms with E-state index in [4.69, 9.17) is 5.73 Å². The molecular weight excluding hydrogens is 327 g/mol. The molecule has 1 fully saturated rings. The van der Waals surface area contributed by atoms with E-state index in [0.717, 1.165) is 28.6 Å². The number of nitrogens with zero attached hydrogens (tertiary/aromatic N) is 1. The van der Waals surface area contributed by atoms with Crippen LogP contribution < -0.4 is 5.73 Å². The Hall–Kier alpha value is -0.620. The Morgan fingerprint density at radius 2 is 2.35 bits per heavy atom. The third kappa shape index (κ3) is 2.98. The van der Waals surface area contributed by atoms with Crippen LogP contribution in [0.2, 0.25) is 0 Å². The van der Waals surface area contributed by atoms with Crippen molar-refractivity contribution in [2.24, 2.45) is 11.7 Å². The van der Waals surface area contributed by atoms with Gasteiger partial charge in [-0.15, -0.1) is 0 Å². The first-order valence-electron chi connectivity index (χ1n) is 5.88. The second kappa shape index (κ2) is 5.35. The molecule has 1 heterocycles. The van der Waals surface area contributed by atoms with Crippen LogP contribution in [0.5, 0.6) is 0 Å². The van der Waals surface area contributed by atoms with Gasteiger partial charge in [0, 0.05) is 28.3 Å². The molecule has 3 nitrogen and oxygen atoms in total. The number of halogens is 1. The maximum Gasteiger partial charge on any atom is 0.253 e. The summed E-state index contributed by atoms with van der Waals surface area (Å²) in [5, 5.41) is 0. The van der Waals surface area contributed by atoms with Gasteiger partial charge >= 0.3 is 0 Å². The van der Waals surface area contributed by atoms with Crippen LogP contribution in [0.25, 0.3) is 0 Å². The van der Waals surface area contributed by atoms with Crippen LogP contribution in [0.1, 0.15) is 23.7 Å². The van der Waals surface area contributed by atoms with Crippen LogP contribution in [-0.2, 0) is 0 Å². The number of benzene rings is 1. The van der Waals surface area contributed by atoms with Gasteiger partial charge in [0.1, 0.15) is 0 Å². The van der Waals surface area contributed by atoms with Crippen LogP contribution in [0.4, 0.5) is 0 Å². The summed E-state index contributed by atoms with van der Waals surface area (Å²) in [7, 11) is 0. The lowest BCUT2D eigenvalue weighted by molar-refractivity contribution is 0.0786. The molecule has 0 aromatic heterocycles. The Kier molecular flexibility index (Phi) is 4.04. The molecule has 0 saturated carbocycles. The van der Waals surface area contributed by atoms with Crippen molar-refractivity contribution >= 4 is 28.5 Å². The van der Waals surface area contributed by atoms with E-state index in [1.165, 1.54) is 0 Å². The molecule has 1 amide bonds. The molecule has 1 aliphatic heterocycles. The molecule has 92 valence electrons. The van der Waals surface area contributed by atoms with Crippen molar-refractivity contribution in [2.75, 3.05) is 13.1 Å². The monoisotopic (exact) mass is 344 g/mol. The summed E-state index contributed by atoms with van der Waals surface area (Å²) in [4.78, 5) is 14.2. The van der Waals surface area contributed by atoms with E-state index in [1.54, 1.807) is 0 Å². The molecule has 1 saturated heterocycles. The topological polar surface area (TPSA) is 46.3 Å². The summed E-state index contributed by atoms with van der Waals surface area (Å²) in [6, 6.07) is 7.90. The zero-order valence-electron chi connectivity index (χ0n) is 9.90. The maximum atomic E-state index is 12.2. The van der Waals surface area contributed by atoms with Crippen LogP contribution in [0.15, 0.2) is 24.3 Å². The maximum absolute atomic E-state index is 12.2. The summed E-state index contributed by atoms with van der Waals surface area (Å²) in [6.45, 7) is 3.64. The second-order valence-corrected chi connectivity index (χ2v) is 5.92. The van der Waals surface area contributed by atoms with Crippen molar-refractivity contribution in [2.45, 2.75) is 19.4 Å². The first kappa shape index (κ1) is 12.8. The molecule has 0 spiro atoms. The molecule has 1 aromatic carbocycles. The molecule has 4 heteroatoms. The lowest BCUT2D eigenvalue weighted by atomic mass is 10.0. The number of nitrogens with two attached hydrogens (primary N) is 1. The molecule has 0 aliphatic carbocycles. The first-order chi connectivity index (χ1) is 8.08. The van der Waals surface area contributed by atoms with E-state index in [2.05, 4.69) is 22.6 Å². The van der Waals surface area contributed by atoms with Crippen molar-refractivity contribution < 1.29 is 4.79 Å². The quantitative estimate of drug-likeness (QED) is 0.836. The summed E-state index contributed by atoms with van der Waals surface area (Å²) in [5.74, 6) is 0.577. The van der Waals surface area contributed by atoms with Crippen molar-refractivity contribution in [1.82, 2.24) is 4.90 Å². The highest BCUT2D eigenvalue weighted by Crippen LogP contribution is 2.21. The molecule has 2 rings (SSSR count). The van der Waals surface area contributed by atoms with Crippen LogP contribution in [-0.4, -0.2) is 29.9 Å². The summed E-state index contributed by atoms with van der Waals surface area (Å²) in [5.41, 5.74) is 6.66. The molecule has 2 atom stereocenters. The van der Waals surface area contributed by atoms with E-state index in [1.807, 2.05) is 36.1 Å². The fourth-order valence-electron chi connectivity index (χ4n) is 2.21. The summed E-state index contributed by atoms with van der Waals surface area (Å²) >= 11 is 2.23. The predicted molar refractivity (Wildman–Crippen MR) is 76.8 cm³/mol. The van der Waals surface area contributed by atoms with Gasteiger partial charge in [-0.3, -0.25) is 4.79 Å². The van der Waals surface area contributed by atoms with Crippen molar-refractivity contribution in [3.63, 3.8) is 0 Å². The molecule has 0 radical (unpaired) electrons. The average Bonchev–Trinajstić information content (AvgIpc) is 2.77. The van der Waals surface area contributed by atoms with E-state index in [-0.39, 0.29) is 11.9 Å². The average molecular weight is 344 g/mol. The van der Waals surface area contributed by atoms with Crippen LogP contribution in [0, 0.1) is 9.49 Å². The Bertz CT molecular complexity index is 420. The van der Waals surface area contributed by atoms with E-state index in [9.17, 15) is 4.79 Å². The Morgan fingerprint density at radius 3 is 2.94 bits per heavy atom. The number of likely N-dealkylation sites (tertiary alicyclic amines) is 1. The standard InChI is InChI=1S/C13H17IN2O/c1-9(15)11-5-6-16(8-11)13(17)10-3-2-4-12(14)7-10/h2-4,7,9,11H,5-6,8,15H2,1H3. The van der Waals surface area contributed by atoms with Gasteiger partial charge in [-0.05, 0) is 60.1 Å². The number of rotatable bonds is 2. The molecule has 0 bridgehead atoms. The van der Waals surface area contributed by atoms with Crippen LogP contribution >= 0.6 is 22.6 Å². The normalized spacial score (nSPS) is 21.6. The third-order valence-electron chi connectivity index (χ3n) is 3.33. The van der Waals surface area contributed by atoms with Gasteiger partial charge in [0.05, 0.1) is 0 Å². The number of carbonyl (C=O) groups is 1. The number of amides is 1. The highest BCUT2D eigenvalue weighted by atomic mass is 127. The van der Waals surface area contributed by atoms with Crippen molar-refractivity contribution in [3.8, 4) is 0 Å². The number of hydrogen-bond donors (Lipinski definition) is 1. The van der Waals surface area contributed by atoms with Gasteiger partial charge < -0.3 is 10.6 Å². The van der Waals surface area contributed by atoms with Gasteiger partial charge in [0.25, 0.3) is 5.91 Å². The Labute approximate surface area is 116 Å². The molecule has 17 heavy (non-hydrogen) atoms. The Morgan fingerprint density at radius 1 is 1.59 bits per heavy atom. The zero-order chi connectivity index (χ0) is 12.4. The smallest absolute Gasteiger partial charge is 0.253 e. The minimum Gasteiger partial charge on any atom is -0.338 e. The highest BCUT2D eigenvalue weighted by Gasteiger charge is 2.28. The molecule has 2 N–H and O–H groups in total. The highest BCUT2D eigenvalue weighted by molar-refractivity contribution is 14.1. The second-order valence-electron chi connectivity index (χ2n) is 4.67. The van der Waals surface area contributed by atoms with Crippen molar-refractivity contribution in [1.29, 1.82) is 0 Å². The van der Waals surface area contributed by atoms with Gasteiger partial charge in [0.15, 0.2) is 0 Å². The fraction of sp³-hybridized carbons (Fsp3) is 0.462. The fourth-order valence-corrected chi connectivity index (χ4v) is 2.75. The van der Waals surface area contributed by atoms with E-state index < -0.39 is 0 Å². The molecular formula is C13H17IN2O. The largest absolute Gasteiger partial charge is 0.338 e. The minimum absolute atomic E-state index is 0.131. The minimum atomic E-state index is 0.131. The molecule has 1 aromatic rings. The van der Waals surface area contributed by atoms with Crippen LogP contribution in [0.3, 0.4) is 0 Å². The van der Waals surface area contributed by atoms with Gasteiger partial charge in [-0.25, -0.2) is 0 Å². The van der Waals surface area contributed by atoms with E-state index >= 15 is 0 Å². The lowest BCUT2D eigenvalue weighted by Gasteiger charge is -2.18. The molecule has 1 aliphatic rings.